The Balaban J connectivity index is 1.88. The van der Waals surface area contributed by atoms with Crippen LogP contribution in [0.3, 0.4) is 0 Å². The zero-order valence-corrected chi connectivity index (χ0v) is 13.2. The van der Waals surface area contributed by atoms with Crippen molar-refractivity contribution in [2.75, 3.05) is 6.54 Å². The quantitative estimate of drug-likeness (QED) is 0.753. The van der Waals surface area contributed by atoms with Crippen LogP contribution in [0.25, 0.3) is 0 Å². The molecule has 0 saturated heterocycles. The van der Waals surface area contributed by atoms with Crippen LogP contribution >= 0.6 is 0 Å². The summed E-state index contributed by atoms with van der Waals surface area (Å²) in [5.74, 6) is -0.946. The van der Waals surface area contributed by atoms with E-state index in [1.807, 2.05) is 6.08 Å². The maximum absolute atomic E-state index is 12.2. The molecule has 0 spiro atoms. The number of hydrogen-bond acceptors (Lipinski definition) is 4. The molecule has 1 aliphatic rings. The molecule has 124 valence electrons. The van der Waals surface area contributed by atoms with E-state index in [0.29, 0.717) is 5.76 Å². The summed E-state index contributed by atoms with van der Waals surface area (Å²) in [5.41, 5.74) is 0. The average molecular weight is 318 g/mol. The molecule has 6 nitrogen and oxygen atoms in total. The average Bonchev–Trinajstić information content (AvgIpc) is 2.98. The Labute approximate surface area is 135 Å². The van der Waals surface area contributed by atoms with Gasteiger partial charge in [0.25, 0.3) is 0 Å². The fraction of sp³-hybridized carbons (Fsp3) is 0.412. The molecule has 23 heavy (non-hydrogen) atoms. The van der Waals surface area contributed by atoms with Gasteiger partial charge in [-0.1, -0.05) is 18.2 Å². The minimum absolute atomic E-state index is 0.116. The third-order valence-electron chi connectivity index (χ3n) is 3.91. The highest BCUT2D eigenvalue weighted by atomic mass is 16.4. The van der Waals surface area contributed by atoms with Crippen molar-refractivity contribution in [1.82, 2.24) is 10.2 Å². The van der Waals surface area contributed by atoms with Crippen molar-refractivity contribution in [3.8, 4) is 0 Å². The predicted octanol–water partition coefficient (Wildman–Crippen LogP) is 2.19. The van der Waals surface area contributed by atoms with Crippen LogP contribution in [-0.4, -0.2) is 40.5 Å². The first-order chi connectivity index (χ1) is 11.0. The number of hydrogen-bond donors (Lipinski definition) is 2. The highest BCUT2D eigenvalue weighted by molar-refractivity contribution is 5.84. The van der Waals surface area contributed by atoms with Crippen LogP contribution in [0.2, 0.25) is 0 Å². The Kier molecular flexibility index (Phi) is 5.76. The van der Waals surface area contributed by atoms with Gasteiger partial charge in [-0.2, -0.15) is 0 Å². The van der Waals surface area contributed by atoms with Crippen molar-refractivity contribution in [3.05, 3.63) is 48.5 Å². The second-order valence-electron chi connectivity index (χ2n) is 5.60. The van der Waals surface area contributed by atoms with E-state index in [1.54, 1.807) is 6.07 Å². The van der Waals surface area contributed by atoms with Gasteiger partial charge in [0, 0.05) is 12.1 Å². The van der Waals surface area contributed by atoms with Gasteiger partial charge in [0.15, 0.2) is 0 Å². The minimum Gasteiger partial charge on any atom is -0.475 e. The van der Waals surface area contributed by atoms with E-state index >= 15 is 0 Å². The number of carbonyl (C=O) groups is 2. The minimum atomic E-state index is -1.12. The van der Waals surface area contributed by atoms with Gasteiger partial charge in [-0.3, -0.25) is 9.69 Å². The van der Waals surface area contributed by atoms with E-state index < -0.39 is 5.97 Å². The first kappa shape index (κ1) is 17.0. The number of rotatable bonds is 7. The fourth-order valence-electron chi connectivity index (χ4n) is 2.70. The normalized spacial score (nSPS) is 21.1. The molecule has 1 aromatic heterocycles. The first-order valence-electron chi connectivity index (χ1n) is 7.63. The summed E-state index contributed by atoms with van der Waals surface area (Å²) < 4.78 is 5.11. The number of nitrogens with one attached hydrogen (secondary N) is 1. The maximum Gasteiger partial charge on any atom is 0.371 e. The zero-order chi connectivity index (χ0) is 16.8. The van der Waals surface area contributed by atoms with Crippen molar-refractivity contribution < 1.29 is 19.1 Å². The second kappa shape index (κ2) is 7.78. The largest absolute Gasteiger partial charge is 0.475 e. The zero-order valence-electron chi connectivity index (χ0n) is 13.2. The molecule has 2 N–H and O–H groups in total. The van der Waals surface area contributed by atoms with Crippen LogP contribution in [0.15, 0.2) is 41.4 Å². The first-order valence-corrected chi connectivity index (χ1v) is 7.63. The SMILES string of the molecule is C=CC[C@@H]1CC=C[C@@H](C)N1CC(=O)NCc1ccc(C(=O)O)o1. The molecule has 2 heterocycles. The van der Waals surface area contributed by atoms with Gasteiger partial charge in [0.1, 0.15) is 5.76 Å². The molecular formula is C17H22N2O4. The number of carbonyl (C=O) groups excluding carboxylic acids is 1. The molecule has 0 aliphatic carbocycles. The van der Waals surface area contributed by atoms with Crippen molar-refractivity contribution in [2.45, 2.75) is 38.4 Å². The summed E-state index contributed by atoms with van der Waals surface area (Å²) in [6.07, 6.45) is 7.85. The molecule has 1 aliphatic heterocycles. The number of amides is 1. The molecule has 1 aromatic rings. The third kappa shape index (κ3) is 4.56. The standard InChI is InChI=1S/C17H22N2O4/c1-3-5-13-7-4-6-12(2)19(13)11-16(20)18-10-14-8-9-15(23-14)17(21)22/h3-4,6,8-9,12-13H,1,5,7,10-11H2,2H3,(H,18,20)(H,21,22)/t12-,13-/m1/s1. The van der Waals surface area contributed by atoms with Gasteiger partial charge < -0.3 is 14.8 Å². The highest BCUT2D eigenvalue weighted by Crippen LogP contribution is 2.19. The fourth-order valence-corrected chi connectivity index (χ4v) is 2.70. The van der Waals surface area contributed by atoms with Gasteiger partial charge in [0.05, 0.1) is 13.1 Å². The van der Waals surface area contributed by atoms with E-state index in [9.17, 15) is 9.59 Å². The van der Waals surface area contributed by atoms with Gasteiger partial charge in [-0.15, -0.1) is 6.58 Å². The van der Waals surface area contributed by atoms with Gasteiger partial charge in [0.2, 0.25) is 11.7 Å². The molecule has 0 radical (unpaired) electrons. The van der Waals surface area contributed by atoms with Gasteiger partial charge in [-0.25, -0.2) is 4.79 Å². The van der Waals surface area contributed by atoms with Crippen LogP contribution in [0, 0.1) is 0 Å². The Morgan fingerprint density at radius 1 is 1.52 bits per heavy atom. The van der Waals surface area contributed by atoms with Crippen LogP contribution in [0.5, 0.6) is 0 Å². The molecule has 0 bridgehead atoms. The topological polar surface area (TPSA) is 82.8 Å². The van der Waals surface area contributed by atoms with E-state index in [1.165, 1.54) is 6.07 Å². The Morgan fingerprint density at radius 2 is 2.30 bits per heavy atom. The number of carboxylic acid groups (broad SMARTS) is 1. The van der Waals surface area contributed by atoms with Crippen LogP contribution in [0.1, 0.15) is 36.1 Å². The molecule has 0 unspecified atom stereocenters. The number of carboxylic acids is 1. The summed E-state index contributed by atoms with van der Waals surface area (Å²) in [6, 6.07) is 3.40. The molecule has 2 rings (SSSR count). The summed E-state index contributed by atoms with van der Waals surface area (Å²) in [6.45, 7) is 6.30. The van der Waals surface area contributed by atoms with Gasteiger partial charge in [-0.05, 0) is 31.9 Å². The lowest BCUT2D eigenvalue weighted by molar-refractivity contribution is -0.123. The van der Waals surface area contributed by atoms with Gasteiger partial charge >= 0.3 is 5.97 Å². The van der Waals surface area contributed by atoms with Crippen LogP contribution in [0.4, 0.5) is 0 Å². The molecule has 0 saturated carbocycles. The summed E-state index contributed by atoms with van der Waals surface area (Å²) >= 11 is 0. The number of aromatic carboxylic acids is 1. The molecule has 1 amide bonds. The van der Waals surface area contributed by atoms with Crippen molar-refractivity contribution in [3.63, 3.8) is 0 Å². The smallest absolute Gasteiger partial charge is 0.371 e. The Hall–Kier alpha value is -2.34. The Morgan fingerprint density at radius 3 is 2.96 bits per heavy atom. The molecule has 0 aromatic carbocycles. The molecular weight excluding hydrogens is 296 g/mol. The number of furan rings is 1. The molecule has 2 atom stereocenters. The predicted molar refractivity (Wildman–Crippen MR) is 86.0 cm³/mol. The lowest BCUT2D eigenvalue weighted by atomic mass is 10.0. The van der Waals surface area contributed by atoms with Crippen molar-refractivity contribution in [1.29, 1.82) is 0 Å². The van der Waals surface area contributed by atoms with Crippen molar-refractivity contribution in [2.24, 2.45) is 0 Å². The lowest BCUT2D eigenvalue weighted by Crippen LogP contribution is -2.48. The van der Waals surface area contributed by atoms with Crippen LogP contribution in [-0.2, 0) is 11.3 Å². The molecule has 0 fully saturated rings. The third-order valence-corrected chi connectivity index (χ3v) is 3.91. The van der Waals surface area contributed by atoms with E-state index in [2.05, 4.69) is 35.9 Å². The summed E-state index contributed by atoms with van der Waals surface area (Å²) in [4.78, 5) is 25.0. The second-order valence-corrected chi connectivity index (χ2v) is 5.60. The Bertz CT molecular complexity index is 605. The summed E-state index contributed by atoms with van der Waals surface area (Å²) in [7, 11) is 0. The number of nitrogens with zero attached hydrogens (tertiary/aromatic N) is 1. The lowest BCUT2D eigenvalue weighted by Gasteiger charge is -2.36. The summed E-state index contributed by atoms with van der Waals surface area (Å²) in [5, 5.41) is 11.6. The van der Waals surface area contributed by atoms with E-state index in [-0.39, 0.29) is 36.8 Å². The van der Waals surface area contributed by atoms with E-state index in [0.717, 1.165) is 12.8 Å². The van der Waals surface area contributed by atoms with Crippen LogP contribution < -0.4 is 5.32 Å². The monoisotopic (exact) mass is 318 g/mol. The maximum atomic E-state index is 12.2. The highest BCUT2D eigenvalue weighted by Gasteiger charge is 2.25. The van der Waals surface area contributed by atoms with Crippen molar-refractivity contribution >= 4 is 11.9 Å². The van der Waals surface area contributed by atoms with E-state index in [4.69, 9.17) is 9.52 Å². The molecule has 6 heteroatoms.